The van der Waals surface area contributed by atoms with Crippen molar-refractivity contribution in [2.75, 3.05) is 55.8 Å². The van der Waals surface area contributed by atoms with Crippen molar-refractivity contribution in [2.24, 2.45) is 11.8 Å². The number of anilines is 3. The molecule has 2 atom stereocenters. The Bertz CT molecular complexity index is 2350. The van der Waals surface area contributed by atoms with Crippen LogP contribution in [0.15, 0.2) is 91.0 Å². The Kier molecular flexibility index (Phi) is 14.3. The first-order valence-corrected chi connectivity index (χ1v) is 20.5. The number of ether oxygens (including phenoxy) is 2. The summed E-state index contributed by atoms with van der Waals surface area (Å²) in [5.74, 6) is -1.51. The van der Waals surface area contributed by atoms with Gasteiger partial charge in [0.2, 0.25) is 0 Å². The number of urea groups is 1. The van der Waals surface area contributed by atoms with Gasteiger partial charge < -0.3 is 35.6 Å². The zero-order chi connectivity index (χ0) is 42.1. The fourth-order valence-electron chi connectivity index (χ4n) is 7.42. The number of nitrogen functional groups attached to an aromatic ring is 1. The van der Waals surface area contributed by atoms with Crippen LogP contribution in [0.2, 0.25) is 10.0 Å². The van der Waals surface area contributed by atoms with Crippen molar-refractivity contribution in [2.45, 2.75) is 39.5 Å². The van der Waals surface area contributed by atoms with Crippen LogP contribution in [0.5, 0.6) is 0 Å². The summed E-state index contributed by atoms with van der Waals surface area (Å²) in [6.45, 7) is 6.03. The number of likely N-dealkylation sites (tertiary alicyclic amines) is 2. The van der Waals surface area contributed by atoms with Crippen molar-refractivity contribution in [3.05, 3.63) is 112 Å². The quantitative estimate of drug-likeness (QED) is 0.103. The molecule has 308 valence electrons. The van der Waals surface area contributed by atoms with Crippen molar-refractivity contribution in [1.29, 1.82) is 0 Å². The molecule has 12 nitrogen and oxygen atoms in total. The fourth-order valence-corrected chi connectivity index (χ4v) is 7.91. The number of rotatable bonds is 8. The molecule has 59 heavy (non-hydrogen) atoms. The van der Waals surface area contributed by atoms with Gasteiger partial charge in [-0.2, -0.15) is 0 Å². The molecule has 2 saturated heterocycles. The molecular formula is C45H47Cl2N5O7. The van der Waals surface area contributed by atoms with E-state index in [1.165, 1.54) is 0 Å². The average molecular weight is 841 g/mol. The number of benzene rings is 5. The number of hydrogen-bond acceptors (Lipinski definition) is 8. The highest BCUT2D eigenvalue weighted by molar-refractivity contribution is 6.39. The van der Waals surface area contributed by atoms with Crippen molar-refractivity contribution in [3.63, 3.8) is 0 Å². The lowest BCUT2D eigenvalue weighted by atomic mass is 9.96. The normalized spacial score (nSPS) is 16.4. The predicted molar refractivity (Wildman–Crippen MR) is 232 cm³/mol. The highest BCUT2D eigenvalue weighted by Gasteiger charge is 2.32. The number of nitrogens with one attached hydrogen (secondary N) is 2. The molecular weight excluding hydrogens is 793 g/mol. The molecule has 2 unspecified atom stereocenters. The molecule has 0 radical (unpaired) electrons. The van der Waals surface area contributed by atoms with E-state index in [2.05, 4.69) is 10.6 Å². The summed E-state index contributed by atoms with van der Waals surface area (Å²) in [6.07, 6.45) is 2.92. The minimum absolute atomic E-state index is 0.118. The third-order valence-corrected chi connectivity index (χ3v) is 11.0. The molecule has 2 aliphatic rings. The summed E-state index contributed by atoms with van der Waals surface area (Å²) in [7, 11) is 0. The Balaban J connectivity index is 0.000000213. The molecule has 5 aromatic rings. The number of halogens is 2. The van der Waals surface area contributed by atoms with Gasteiger partial charge in [-0.05, 0) is 97.5 Å². The van der Waals surface area contributed by atoms with Gasteiger partial charge in [-0.15, -0.1) is 0 Å². The Morgan fingerprint density at radius 1 is 0.644 bits per heavy atom. The van der Waals surface area contributed by atoms with E-state index in [4.69, 9.17) is 38.4 Å². The van der Waals surface area contributed by atoms with Crippen molar-refractivity contribution in [3.8, 4) is 0 Å². The number of amides is 4. The standard InChI is InChI=1S/C26H25Cl2N3O4.C19H22N2O3/c1-2-35-25(33)18-9-6-12-31(15-18)24(32)19-13-16-7-3-4-8-17(16)14-22(19)29-26(34)30-23-20(27)10-5-11-21(23)28;1-2-24-19(23)15-8-5-9-21(12-15)18(22)16-10-13-6-3-4-7-14(13)11-17(16)20/h3-5,7-8,10-11,13-14,18H,2,6,9,12,15H2,1H3,(H2,29,30,34);3-4,6-7,10-11,15H,2,5,8-9,12,20H2,1H3. The van der Waals surface area contributed by atoms with E-state index >= 15 is 0 Å². The second-order valence-electron chi connectivity index (χ2n) is 14.4. The summed E-state index contributed by atoms with van der Waals surface area (Å²) in [4.78, 5) is 66.9. The summed E-state index contributed by atoms with van der Waals surface area (Å²) in [5, 5.41) is 9.72. The lowest BCUT2D eigenvalue weighted by Crippen LogP contribution is -2.43. The summed E-state index contributed by atoms with van der Waals surface area (Å²) in [5.41, 5.74) is 8.01. The molecule has 4 amide bonds. The number of carbonyl (C=O) groups excluding carboxylic acids is 5. The van der Waals surface area contributed by atoms with Gasteiger partial charge in [-0.25, -0.2) is 4.79 Å². The van der Waals surface area contributed by atoms with Gasteiger partial charge in [-0.1, -0.05) is 77.8 Å². The van der Waals surface area contributed by atoms with Crippen LogP contribution in [0.1, 0.15) is 60.2 Å². The zero-order valence-corrected chi connectivity index (χ0v) is 34.5. The van der Waals surface area contributed by atoms with E-state index in [1.807, 2.05) is 60.7 Å². The van der Waals surface area contributed by atoms with Gasteiger partial charge in [0.25, 0.3) is 11.8 Å². The van der Waals surface area contributed by atoms with Gasteiger partial charge in [-0.3, -0.25) is 19.2 Å². The second-order valence-corrected chi connectivity index (χ2v) is 15.2. The molecule has 2 heterocycles. The van der Waals surface area contributed by atoms with Crippen molar-refractivity contribution >= 4 is 91.6 Å². The van der Waals surface area contributed by atoms with Crippen LogP contribution < -0.4 is 16.4 Å². The van der Waals surface area contributed by atoms with Crippen LogP contribution in [0.25, 0.3) is 21.5 Å². The van der Waals surface area contributed by atoms with Crippen LogP contribution in [-0.4, -0.2) is 79.0 Å². The highest BCUT2D eigenvalue weighted by atomic mass is 35.5. The second kappa shape index (κ2) is 19.7. The fraction of sp³-hybridized carbons (Fsp3) is 0.311. The van der Waals surface area contributed by atoms with Gasteiger partial charge >= 0.3 is 18.0 Å². The summed E-state index contributed by atoms with van der Waals surface area (Å²) >= 11 is 12.3. The van der Waals surface area contributed by atoms with Crippen molar-refractivity contribution < 1.29 is 33.4 Å². The number of nitrogens with zero attached hydrogens (tertiary/aromatic N) is 2. The molecule has 14 heteroatoms. The molecule has 2 aliphatic heterocycles. The maximum atomic E-state index is 13.6. The monoisotopic (exact) mass is 839 g/mol. The largest absolute Gasteiger partial charge is 0.466 e. The van der Waals surface area contributed by atoms with Gasteiger partial charge in [0, 0.05) is 31.9 Å². The lowest BCUT2D eigenvalue weighted by Gasteiger charge is -2.32. The van der Waals surface area contributed by atoms with E-state index in [0.29, 0.717) is 78.2 Å². The summed E-state index contributed by atoms with van der Waals surface area (Å²) < 4.78 is 10.3. The molecule has 0 saturated carbocycles. The third-order valence-electron chi connectivity index (χ3n) is 10.4. The number of nitrogens with two attached hydrogens (primary N) is 1. The smallest absolute Gasteiger partial charge is 0.323 e. The molecule has 0 bridgehead atoms. The Morgan fingerprint density at radius 3 is 1.61 bits per heavy atom. The lowest BCUT2D eigenvalue weighted by molar-refractivity contribution is -0.150. The van der Waals surface area contributed by atoms with Crippen LogP contribution in [0.3, 0.4) is 0 Å². The van der Waals surface area contributed by atoms with E-state index in [9.17, 15) is 24.0 Å². The Morgan fingerprint density at radius 2 is 1.10 bits per heavy atom. The number of piperidine rings is 2. The Labute approximate surface area is 352 Å². The molecule has 5 aromatic carbocycles. The topological polar surface area (TPSA) is 160 Å². The average Bonchev–Trinajstić information content (AvgIpc) is 3.24. The van der Waals surface area contributed by atoms with Crippen LogP contribution in [0, 0.1) is 11.8 Å². The van der Waals surface area contributed by atoms with Crippen LogP contribution in [0.4, 0.5) is 21.9 Å². The van der Waals surface area contributed by atoms with Gasteiger partial charge in [0.1, 0.15) is 0 Å². The molecule has 7 rings (SSSR count). The molecule has 0 spiro atoms. The zero-order valence-electron chi connectivity index (χ0n) is 33.0. The number of esters is 2. The highest BCUT2D eigenvalue weighted by Crippen LogP contribution is 2.32. The molecule has 2 fully saturated rings. The molecule has 0 aromatic heterocycles. The third kappa shape index (κ3) is 10.4. The first-order chi connectivity index (χ1) is 28.5. The van der Waals surface area contributed by atoms with Crippen molar-refractivity contribution in [1.82, 2.24) is 9.80 Å². The number of carbonyl (C=O) groups is 5. The SMILES string of the molecule is CCOC(=O)C1CCCN(C(=O)c2cc3ccccc3cc2N)C1.CCOC(=O)C1CCCN(C(=O)c2cc3ccccc3cc2NC(=O)Nc2c(Cl)cccc2Cl)C1. The van der Waals surface area contributed by atoms with Gasteiger partial charge in [0.05, 0.1) is 57.6 Å². The number of fused-ring (bicyclic) bond motifs is 2. The summed E-state index contributed by atoms with van der Waals surface area (Å²) in [6, 6.07) is 26.9. The Hall–Kier alpha value is -5.85. The minimum Gasteiger partial charge on any atom is -0.466 e. The maximum absolute atomic E-state index is 13.6. The van der Waals surface area contributed by atoms with E-state index in [-0.39, 0.29) is 47.8 Å². The minimum atomic E-state index is -0.590. The number of para-hydroxylation sites is 1. The molecule has 4 N–H and O–H groups in total. The van der Waals surface area contributed by atoms with Crippen LogP contribution >= 0.6 is 23.2 Å². The van der Waals surface area contributed by atoms with E-state index < -0.39 is 6.03 Å². The first kappa shape index (κ1) is 42.7. The maximum Gasteiger partial charge on any atom is 0.323 e. The molecule has 0 aliphatic carbocycles. The number of hydrogen-bond donors (Lipinski definition) is 3. The van der Waals surface area contributed by atoms with Crippen LogP contribution in [-0.2, 0) is 19.1 Å². The van der Waals surface area contributed by atoms with E-state index in [0.717, 1.165) is 34.4 Å². The first-order valence-electron chi connectivity index (χ1n) is 19.7. The predicted octanol–water partition coefficient (Wildman–Crippen LogP) is 9.04. The van der Waals surface area contributed by atoms with Gasteiger partial charge in [0.15, 0.2) is 0 Å². The van der Waals surface area contributed by atoms with E-state index in [1.54, 1.807) is 54.0 Å².